The van der Waals surface area contributed by atoms with Crippen molar-refractivity contribution in [3.8, 4) is 0 Å². The highest BCUT2D eigenvalue weighted by atomic mass is 19.4. The minimum Gasteiger partial charge on any atom is -0.384 e. The minimum atomic E-state index is -4.51. The van der Waals surface area contributed by atoms with Gasteiger partial charge in [0.1, 0.15) is 6.04 Å². The third kappa shape index (κ3) is 4.70. The number of piperidine rings is 1. The van der Waals surface area contributed by atoms with E-state index in [-0.39, 0.29) is 13.0 Å². The highest BCUT2D eigenvalue weighted by Crippen LogP contribution is 2.31. The monoisotopic (exact) mass is 344 g/mol. The number of amides is 1. The van der Waals surface area contributed by atoms with Crippen molar-refractivity contribution in [1.82, 2.24) is 10.6 Å². The van der Waals surface area contributed by atoms with Crippen molar-refractivity contribution in [2.75, 3.05) is 26.8 Å². The lowest BCUT2D eigenvalue weighted by Gasteiger charge is -2.37. The molecule has 0 radical (unpaired) electrons. The average molecular weight is 344 g/mol. The molecule has 2 N–H and O–H groups in total. The Kier molecular flexibility index (Phi) is 6.23. The molecule has 1 aromatic carbocycles. The minimum absolute atomic E-state index is 0.121. The molecule has 2 rings (SSSR count). The summed E-state index contributed by atoms with van der Waals surface area (Å²) in [5.41, 5.74) is -0.369. The van der Waals surface area contributed by atoms with E-state index in [1.807, 2.05) is 0 Å². The fraction of sp³-hybridized carbons (Fsp3) is 0.588. The van der Waals surface area contributed by atoms with Crippen LogP contribution in [-0.4, -0.2) is 44.9 Å². The van der Waals surface area contributed by atoms with Gasteiger partial charge in [-0.25, -0.2) is 0 Å². The number of carbonyl (C=O) groups is 1. The SMILES string of the molecule is COCC1(C(=O)NC(Cc2ccccc2)C(F)(F)F)CCNCC1. The zero-order valence-electron chi connectivity index (χ0n) is 13.7. The molecule has 24 heavy (non-hydrogen) atoms. The van der Waals surface area contributed by atoms with Crippen molar-refractivity contribution >= 4 is 5.91 Å². The summed E-state index contributed by atoms with van der Waals surface area (Å²) >= 11 is 0. The van der Waals surface area contributed by atoms with Crippen LogP contribution in [0.2, 0.25) is 0 Å². The van der Waals surface area contributed by atoms with E-state index >= 15 is 0 Å². The van der Waals surface area contributed by atoms with Gasteiger partial charge in [-0.2, -0.15) is 13.2 Å². The molecule has 4 nitrogen and oxygen atoms in total. The fourth-order valence-corrected chi connectivity index (χ4v) is 3.03. The molecule has 1 amide bonds. The molecular formula is C17H23F3N2O2. The Balaban J connectivity index is 2.14. The average Bonchev–Trinajstić information content (AvgIpc) is 2.55. The number of alkyl halides is 3. The Morgan fingerprint density at radius 1 is 1.29 bits per heavy atom. The maximum absolute atomic E-state index is 13.4. The summed E-state index contributed by atoms with van der Waals surface area (Å²) in [6.07, 6.45) is -3.87. The van der Waals surface area contributed by atoms with E-state index in [9.17, 15) is 18.0 Å². The zero-order chi connectivity index (χ0) is 17.6. The van der Waals surface area contributed by atoms with Gasteiger partial charge in [-0.15, -0.1) is 0 Å². The molecule has 1 atom stereocenters. The predicted octanol–water partition coefficient (Wildman–Crippen LogP) is 2.29. The number of rotatable bonds is 6. The summed E-state index contributed by atoms with van der Waals surface area (Å²) in [6, 6.07) is 6.46. The van der Waals surface area contributed by atoms with Crippen LogP contribution in [0.15, 0.2) is 30.3 Å². The molecule has 0 spiro atoms. The number of methoxy groups -OCH3 is 1. The highest BCUT2D eigenvalue weighted by molar-refractivity contribution is 5.83. The molecule has 7 heteroatoms. The zero-order valence-corrected chi connectivity index (χ0v) is 13.7. The summed E-state index contributed by atoms with van der Waals surface area (Å²) in [4.78, 5) is 12.6. The Labute approximate surface area is 139 Å². The van der Waals surface area contributed by atoms with Gasteiger partial charge in [0.2, 0.25) is 5.91 Å². The summed E-state index contributed by atoms with van der Waals surface area (Å²) in [5, 5.41) is 5.35. The Morgan fingerprint density at radius 2 is 1.92 bits per heavy atom. The first-order valence-electron chi connectivity index (χ1n) is 7.99. The number of ether oxygens (including phenoxy) is 1. The van der Waals surface area contributed by atoms with Gasteiger partial charge in [-0.1, -0.05) is 30.3 Å². The van der Waals surface area contributed by atoms with Gasteiger partial charge < -0.3 is 15.4 Å². The van der Waals surface area contributed by atoms with Gasteiger partial charge in [0, 0.05) is 13.5 Å². The number of hydrogen-bond acceptors (Lipinski definition) is 3. The third-order valence-electron chi connectivity index (χ3n) is 4.45. The molecule has 134 valence electrons. The van der Waals surface area contributed by atoms with Crippen LogP contribution in [0, 0.1) is 5.41 Å². The first-order chi connectivity index (χ1) is 11.4. The molecule has 1 heterocycles. The Hall–Kier alpha value is -1.60. The second-order valence-corrected chi connectivity index (χ2v) is 6.22. The normalized spacial score (nSPS) is 18.8. The predicted molar refractivity (Wildman–Crippen MR) is 84.5 cm³/mol. The number of hydrogen-bond donors (Lipinski definition) is 2. The second-order valence-electron chi connectivity index (χ2n) is 6.22. The molecule has 1 saturated heterocycles. The molecule has 1 fully saturated rings. The lowest BCUT2D eigenvalue weighted by Crippen LogP contribution is -2.56. The molecule has 0 aliphatic carbocycles. The van der Waals surface area contributed by atoms with Crippen LogP contribution in [0.4, 0.5) is 13.2 Å². The largest absolute Gasteiger partial charge is 0.408 e. The van der Waals surface area contributed by atoms with Crippen LogP contribution < -0.4 is 10.6 Å². The van der Waals surface area contributed by atoms with Crippen molar-refractivity contribution in [2.45, 2.75) is 31.5 Å². The molecule has 1 aromatic rings. The van der Waals surface area contributed by atoms with Gasteiger partial charge in [-0.05, 0) is 31.5 Å². The first-order valence-corrected chi connectivity index (χ1v) is 7.99. The molecular weight excluding hydrogens is 321 g/mol. The lowest BCUT2D eigenvalue weighted by atomic mass is 9.78. The quantitative estimate of drug-likeness (QED) is 0.833. The van der Waals surface area contributed by atoms with Crippen LogP contribution in [0.1, 0.15) is 18.4 Å². The fourth-order valence-electron chi connectivity index (χ4n) is 3.03. The van der Waals surface area contributed by atoms with Crippen LogP contribution in [0.5, 0.6) is 0 Å². The van der Waals surface area contributed by atoms with E-state index in [0.29, 0.717) is 31.5 Å². The van der Waals surface area contributed by atoms with Crippen LogP contribution in [0.25, 0.3) is 0 Å². The lowest BCUT2D eigenvalue weighted by molar-refractivity contribution is -0.166. The standard InChI is InChI=1S/C17H23F3N2O2/c1-24-12-16(7-9-21-10-8-16)15(23)22-14(17(18,19)20)11-13-5-3-2-4-6-13/h2-6,14,21H,7-12H2,1H3,(H,22,23). The summed E-state index contributed by atoms with van der Waals surface area (Å²) in [5.74, 6) is -0.580. The van der Waals surface area contributed by atoms with Crippen LogP contribution >= 0.6 is 0 Å². The van der Waals surface area contributed by atoms with Gasteiger partial charge in [0.05, 0.1) is 12.0 Å². The third-order valence-corrected chi connectivity index (χ3v) is 4.45. The number of nitrogens with one attached hydrogen (secondary N) is 2. The maximum atomic E-state index is 13.4. The van der Waals surface area contributed by atoms with Crippen molar-refractivity contribution in [3.05, 3.63) is 35.9 Å². The molecule has 1 aliphatic rings. The van der Waals surface area contributed by atoms with E-state index in [1.54, 1.807) is 30.3 Å². The Bertz CT molecular complexity index is 523. The van der Waals surface area contributed by atoms with E-state index < -0.39 is 23.5 Å². The van der Waals surface area contributed by atoms with Gasteiger partial charge in [0.25, 0.3) is 0 Å². The van der Waals surface area contributed by atoms with Gasteiger partial charge in [0.15, 0.2) is 0 Å². The van der Waals surface area contributed by atoms with Crippen molar-refractivity contribution in [2.24, 2.45) is 5.41 Å². The number of halogens is 3. The van der Waals surface area contributed by atoms with E-state index in [4.69, 9.17) is 4.74 Å². The smallest absolute Gasteiger partial charge is 0.384 e. The highest BCUT2D eigenvalue weighted by Gasteiger charge is 2.46. The topological polar surface area (TPSA) is 50.4 Å². The van der Waals surface area contributed by atoms with Crippen molar-refractivity contribution in [1.29, 1.82) is 0 Å². The molecule has 0 saturated carbocycles. The first kappa shape index (κ1) is 18.7. The van der Waals surface area contributed by atoms with E-state index in [2.05, 4.69) is 10.6 Å². The molecule has 1 aliphatic heterocycles. The molecule has 1 unspecified atom stereocenters. The van der Waals surface area contributed by atoms with E-state index in [0.717, 1.165) is 0 Å². The summed E-state index contributed by atoms with van der Waals surface area (Å²) < 4.78 is 45.3. The van der Waals surface area contributed by atoms with Crippen molar-refractivity contribution < 1.29 is 22.7 Å². The van der Waals surface area contributed by atoms with Gasteiger partial charge in [-0.3, -0.25) is 4.79 Å². The number of benzene rings is 1. The summed E-state index contributed by atoms with van der Waals surface area (Å²) in [7, 11) is 1.46. The summed E-state index contributed by atoms with van der Waals surface area (Å²) in [6.45, 7) is 1.30. The van der Waals surface area contributed by atoms with Crippen LogP contribution in [0.3, 0.4) is 0 Å². The molecule has 0 aromatic heterocycles. The Morgan fingerprint density at radius 3 is 2.46 bits per heavy atom. The maximum Gasteiger partial charge on any atom is 0.408 e. The molecule has 0 bridgehead atoms. The van der Waals surface area contributed by atoms with Gasteiger partial charge >= 0.3 is 6.18 Å². The number of carbonyl (C=O) groups excluding carboxylic acids is 1. The van der Waals surface area contributed by atoms with Crippen molar-refractivity contribution in [3.63, 3.8) is 0 Å². The van der Waals surface area contributed by atoms with E-state index in [1.165, 1.54) is 7.11 Å². The van der Waals surface area contributed by atoms with Crippen LogP contribution in [-0.2, 0) is 16.0 Å². The second kappa shape index (κ2) is 7.98.